The van der Waals surface area contributed by atoms with Crippen molar-refractivity contribution in [2.75, 3.05) is 16.6 Å². The molecule has 212 valence electrons. The van der Waals surface area contributed by atoms with Crippen LogP contribution in [-0.2, 0) is 11.3 Å². The number of fused-ring (bicyclic) bond motifs is 1. The Hall–Kier alpha value is -2.66. The van der Waals surface area contributed by atoms with Crippen LogP contribution in [0.4, 0.5) is 16.6 Å². The number of nitrogens with one attached hydrogen (secondary N) is 3. The van der Waals surface area contributed by atoms with Gasteiger partial charge in [0.25, 0.3) is 0 Å². The maximum atomic E-state index is 12.0. The number of nitrogens with two attached hydrogens (primary N) is 1. The summed E-state index contributed by atoms with van der Waals surface area (Å²) in [7, 11) is 0. The van der Waals surface area contributed by atoms with E-state index in [4.69, 9.17) is 5.73 Å². The van der Waals surface area contributed by atoms with Gasteiger partial charge in [0.1, 0.15) is 5.82 Å². The molecule has 0 radical (unpaired) electrons. The maximum Gasteiger partial charge on any atom is 0.220 e. The molecule has 4 aromatic rings. The molecule has 0 bridgehead atoms. The number of aromatic nitrogens is 2. The molecule has 4 rings (SSSR count). The smallest absolute Gasteiger partial charge is 0.220 e. The van der Waals surface area contributed by atoms with E-state index in [1.807, 2.05) is 58.0 Å². The average molecular weight is 587 g/mol. The summed E-state index contributed by atoms with van der Waals surface area (Å²) in [6.07, 6.45) is 7.71. The number of anilines is 3. The minimum absolute atomic E-state index is 0.0862. The van der Waals surface area contributed by atoms with Gasteiger partial charge in [-0.2, -0.15) is 0 Å². The van der Waals surface area contributed by atoms with Crippen LogP contribution >= 0.6 is 34.6 Å². The SMILES string of the molecule is CC.CC.NCCCCCCCC(=O)NCc1ccc(Nc2nc3ccc(NSc4cccs4)cc3s2)nc1. The van der Waals surface area contributed by atoms with Gasteiger partial charge < -0.3 is 21.1 Å². The molecule has 0 atom stereocenters. The first kappa shape index (κ1) is 32.6. The van der Waals surface area contributed by atoms with Gasteiger partial charge in [-0.15, -0.1) is 11.3 Å². The summed E-state index contributed by atoms with van der Waals surface area (Å²) in [5.41, 5.74) is 8.46. The second-order valence-electron chi connectivity index (χ2n) is 8.10. The number of unbranched alkanes of at least 4 members (excludes halogenated alkanes) is 4. The first-order valence-electron chi connectivity index (χ1n) is 13.8. The molecule has 0 saturated carbocycles. The summed E-state index contributed by atoms with van der Waals surface area (Å²) >= 11 is 4.91. The summed E-state index contributed by atoms with van der Waals surface area (Å²) in [5.74, 6) is 0.811. The van der Waals surface area contributed by atoms with E-state index in [-0.39, 0.29) is 5.91 Å². The summed E-state index contributed by atoms with van der Waals surface area (Å²) in [4.78, 5) is 21.2. The third kappa shape index (κ3) is 11.9. The third-order valence-corrected chi connectivity index (χ3v) is 8.12. The monoisotopic (exact) mass is 586 g/mol. The van der Waals surface area contributed by atoms with Crippen LogP contribution < -0.4 is 21.1 Å². The van der Waals surface area contributed by atoms with E-state index in [1.165, 1.54) is 4.21 Å². The lowest BCUT2D eigenvalue weighted by Crippen LogP contribution is -2.22. The van der Waals surface area contributed by atoms with Gasteiger partial charge in [0.05, 0.1) is 14.4 Å². The predicted octanol–water partition coefficient (Wildman–Crippen LogP) is 8.58. The molecule has 0 aliphatic carbocycles. The first-order valence-corrected chi connectivity index (χ1v) is 16.3. The molecule has 10 heteroatoms. The Morgan fingerprint density at radius 3 is 2.51 bits per heavy atom. The Bertz CT molecular complexity index is 1200. The Morgan fingerprint density at radius 1 is 1.00 bits per heavy atom. The van der Waals surface area contributed by atoms with Crippen LogP contribution in [0, 0.1) is 0 Å². The van der Waals surface area contributed by atoms with E-state index in [1.54, 1.807) is 40.8 Å². The van der Waals surface area contributed by atoms with Crippen molar-refractivity contribution in [2.45, 2.75) is 77.0 Å². The number of pyridine rings is 1. The molecule has 0 aliphatic rings. The molecular weight excluding hydrogens is 545 g/mol. The first-order chi connectivity index (χ1) is 19.2. The Balaban J connectivity index is 0.00000127. The lowest BCUT2D eigenvalue weighted by Gasteiger charge is -2.06. The number of nitrogens with zero attached hydrogens (tertiary/aromatic N) is 2. The summed E-state index contributed by atoms with van der Waals surface area (Å²) in [5, 5.41) is 9.12. The standard InChI is InChI=1S/C25H30N6OS3.2C2H6/c26-13-5-3-1-2-4-7-23(32)28-17-18-9-12-22(27-16-18)30-25-29-20-11-10-19(15-21(20)34-25)31-35-24-8-6-14-33-24;2*1-2/h6,8-12,14-16,31H,1-5,7,13,17,26H2,(H,28,32)(H,27,29,30);2*1-2H3. The highest BCUT2D eigenvalue weighted by molar-refractivity contribution is 8.02. The number of thiophene rings is 1. The molecule has 5 N–H and O–H groups in total. The number of amides is 1. The average Bonchev–Trinajstić information content (AvgIpc) is 3.65. The van der Waals surface area contributed by atoms with E-state index in [0.717, 1.165) is 71.1 Å². The molecule has 7 nitrogen and oxygen atoms in total. The molecule has 1 aromatic carbocycles. The lowest BCUT2D eigenvalue weighted by atomic mass is 10.1. The van der Waals surface area contributed by atoms with E-state index < -0.39 is 0 Å². The van der Waals surface area contributed by atoms with Gasteiger partial charge in [0, 0.05) is 24.8 Å². The molecule has 0 fully saturated rings. The maximum absolute atomic E-state index is 12.0. The normalized spacial score (nSPS) is 10.2. The Morgan fingerprint density at radius 2 is 1.79 bits per heavy atom. The van der Waals surface area contributed by atoms with Gasteiger partial charge in [0.15, 0.2) is 5.13 Å². The van der Waals surface area contributed by atoms with Gasteiger partial charge in [-0.3, -0.25) is 4.79 Å². The van der Waals surface area contributed by atoms with Gasteiger partial charge in [0.2, 0.25) is 5.91 Å². The van der Waals surface area contributed by atoms with Crippen LogP contribution in [0.15, 0.2) is 58.3 Å². The van der Waals surface area contributed by atoms with Crippen molar-refractivity contribution in [3.05, 3.63) is 59.6 Å². The van der Waals surface area contributed by atoms with E-state index in [0.29, 0.717) is 13.0 Å². The van der Waals surface area contributed by atoms with Crippen molar-refractivity contribution in [1.29, 1.82) is 0 Å². The summed E-state index contributed by atoms with van der Waals surface area (Å²) in [6, 6.07) is 14.2. The molecule has 1 amide bonds. The van der Waals surface area contributed by atoms with Crippen molar-refractivity contribution < 1.29 is 4.79 Å². The molecule has 0 unspecified atom stereocenters. The van der Waals surface area contributed by atoms with Crippen LogP contribution in [0.2, 0.25) is 0 Å². The highest BCUT2D eigenvalue weighted by Crippen LogP contribution is 2.32. The summed E-state index contributed by atoms with van der Waals surface area (Å²) < 4.78 is 5.71. The van der Waals surface area contributed by atoms with E-state index in [9.17, 15) is 4.79 Å². The van der Waals surface area contributed by atoms with Crippen molar-refractivity contribution in [3.63, 3.8) is 0 Å². The highest BCUT2D eigenvalue weighted by atomic mass is 32.2. The molecule has 0 aliphatic heterocycles. The number of thiazole rings is 1. The number of hydrogen-bond acceptors (Lipinski definition) is 9. The fourth-order valence-corrected chi connectivity index (χ4v) is 5.77. The lowest BCUT2D eigenvalue weighted by molar-refractivity contribution is -0.121. The molecule has 3 heterocycles. The highest BCUT2D eigenvalue weighted by Gasteiger charge is 2.07. The van der Waals surface area contributed by atoms with E-state index >= 15 is 0 Å². The molecular formula is C29H42N6OS3. The molecule has 0 spiro atoms. The number of carbonyl (C=O) groups is 1. The molecule has 0 saturated heterocycles. The zero-order valence-corrected chi connectivity index (χ0v) is 25.9. The summed E-state index contributed by atoms with van der Waals surface area (Å²) in [6.45, 7) is 9.23. The topological polar surface area (TPSA) is 105 Å². The van der Waals surface area contributed by atoms with Crippen LogP contribution in [-0.4, -0.2) is 22.4 Å². The quantitative estimate of drug-likeness (QED) is 0.0866. The number of hydrogen-bond donors (Lipinski definition) is 4. The van der Waals surface area contributed by atoms with Crippen LogP contribution in [0.1, 0.15) is 71.8 Å². The number of benzene rings is 1. The third-order valence-electron chi connectivity index (χ3n) is 5.31. The van der Waals surface area contributed by atoms with Crippen LogP contribution in [0.3, 0.4) is 0 Å². The Kier molecular flexibility index (Phi) is 16.2. The zero-order chi connectivity index (χ0) is 28.3. The van der Waals surface area contributed by atoms with Crippen LogP contribution in [0.5, 0.6) is 0 Å². The van der Waals surface area contributed by atoms with Gasteiger partial charge in [-0.1, -0.05) is 70.4 Å². The number of carbonyl (C=O) groups excluding carboxylic acids is 1. The van der Waals surface area contributed by atoms with Gasteiger partial charge in [-0.05, 0) is 72.6 Å². The van der Waals surface area contributed by atoms with Crippen molar-refractivity contribution in [2.24, 2.45) is 5.73 Å². The fourth-order valence-electron chi connectivity index (χ4n) is 3.43. The van der Waals surface area contributed by atoms with Crippen molar-refractivity contribution in [3.8, 4) is 0 Å². The molecule has 3 aromatic heterocycles. The second-order valence-corrected chi connectivity index (χ2v) is 11.2. The Labute approximate surface area is 245 Å². The fraction of sp³-hybridized carbons (Fsp3) is 0.414. The van der Waals surface area contributed by atoms with Gasteiger partial charge >= 0.3 is 0 Å². The van der Waals surface area contributed by atoms with Crippen molar-refractivity contribution >= 4 is 67.4 Å². The minimum Gasteiger partial charge on any atom is -0.352 e. The second kappa shape index (κ2) is 19.4. The van der Waals surface area contributed by atoms with E-state index in [2.05, 4.69) is 42.8 Å². The number of rotatable bonds is 14. The van der Waals surface area contributed by atoms with Crippen LogP contribution in [0.25, 0.3) is 10.2 Å². The van der Waals surface area contributed by atoms with Gasteiger partial charge in [-0.25, -0.2) is 9.97 Å². The van der Waals surface area contributed by atoms with Crippen molar-refractivity contribution in [1.82, 2.24) is 15.3 Å². The predicted molar refractivity (Wildman–Crippen MR) is 172 cm³/mol. The largest absolute Gasteiger partial charge is 0.352 e. The zero-order valence-electron chi connectivity index (χ0n) is 23.5. The minimum atomic E-state index is 0.0862. The molecule has 39 heavy (non-hydrogen) atoms.